The van der Waals surface area contributed by atoms with E-state index in [1.165, 1.54) is 6.07 Å². The van der Waals surface area contributed by atoms with Crippen molar-refractivity contribution in [1.82, 2.24) is 4.98 Å². The second-order valence-electron chi connectivity index (χ2n) is 5.10. The first-order valence-corrected chi connectivity index (χ1v) is 8.04. The second kappa shape index (κ2) is 6.41. The van der Waals surface area contributed by atoms with E-state index in [1.807, 2.05) is 17.6 Å². The van der Waals surface area contributed by atoms with Crippen molar-refractivity contribution >= 4 is 22.2 Å². The zero-order chi connectivity index (χ0) is 14.7. The standard InChI is InChI=1S/C15H19FN4S/c16-13-1-2-14(12(11-13)3-4-17)19-6-8-20(9-7-19)15-18-5-10-21-15/h1-2,5,10-11H,3-4,6-9,17H2. The van der Waals surface area contributed by atoms with Crippen molar-refractivity contribution in [3.05, 3.63) is 41.2 Å². The number of hydrogen-bond acceptors (Lipinski definition) is 5. The molecule has 0 spiro atoms. The minimum atomic E-state index is -0.191. The number of aromatic nitrogens is 1. The SMILES string of the molecule is NCCc1cc(F)ccc1N1CCN(c2nccs2)CC1. The van der Waals surface area contributed by atoms with Crippen LogP contribution in [0.15, 0.2) is 29.8 Å². The fourth-order valence-corrected chi connectivity index (χ4v) is 3.43. The van der Waals surface area contributed by atoms with Crippen LogP contribution in [0, 0.1) is 5.82 Å². The molecule has 0 atom stereocenters. The molecule has 21 heavy (non-hydrogen) atoms. The number of nitrogens with two attached hydrogens (primary N) is 1. The van der Waals surface area contributed by atoms with Gasteiger partial charge in [-0.2, -0.15) is 0 Å². The molecule has 3 rings (SSSR count). The van der Waals surface area contributed by atoms with E-state index in [0.29, 0.717) is 13.0 Å². The molecule has 1 aliphatic heterocycles. The van der Waals surface area contributed by atoms with Gasteiger partial charge in [0.1, 0.15) is 5.82 Å². The topological polar surface area (TPSA) is 45.4 Å². The largest absolute Gasteiger partial charge is 0.368 e. The van der Waals surface area contributed by atoms with E-state index < -0.39 is 0 Å². The van der Waals surface area contributed by atoms with Crippen LogP contribution < -0.4 is 15.5 Å². The van der Waals surface area contributed by atoms with Gasteiger partial charge in [-0.05, 0) is 36.7 Å². The Hall–Kier alpha value is -1.66. The lowest BCUT2D eigenvalue weighted by atomic mass is 10.1. The highest BCUT2D eigenvalue weighted by molar-refractivity contribution is 7.13. The highest BCUT2D eigenvalue weighted by Gasteiger charge is 2.20. The Morgan fingerprint density at radius 1 is 1.19 bits per heavy atom. The highest BCUT2D eigenvalue weighted by Crippen LogP contribution is 2.25. The average Bonchev–Trinajstić information content (AvgIpc) is 3.02. The zero-order valence-corrected chi connectivity index (χ0v) is 12.7. The summed E-state index contributed by atoms with van der Waals surface area (Å²) in [5, 5.41) is 3.08. The van der Waals surface area contributed by atoms with Crippen molar-refractivity contribution in [3.8, 4) is 0 Å². The van der Waals surface area contributed by atoms with Gasteiger partial charge in [0.25, 0.3) is 0 Å². The number of hydrogen-bond donors (Lipinski definition) is 1. The summed E-state index contributed by atoms with van der Waals surface area (Å²) < 4.78 is 13.4. The second-order valence-corrected chi connectivity index (χ2v) is 5.97. The van der Waals surface area contributed by atoms with Gasteiger partial charge in [0.15, 0.2) is 5.13 Å². The number of halogens is 1. The number of thiazole rings is 1. The van der Waals surface area contributed by atoms with Crippen molar-refractivity contribution < 1.29 is 4.39 Å². The van der Waals surface area contributed by atoms with Gasteiger partial charge in [-0.15, -0.1) is 11.3 Å². The number of piperazine rings is 1. The third kappa shape index (κ3) is 3.16. The fraction of sp³-hybridized carbons (Fsp3) is 0.400. The monoisotopic (exact) mass is 306 g/mol. The maximum absolute atomic E-state index is 13.4. The molecule has 4 nitrogen and oxygen atoms in total. The Kier molecular flexibility index (Phi) is 4.36. The molecule has 0 bridgehead atoms. The van der Waals surface area contributed by atoms with E-state index in [2.05, 4.69) is 14.8 Å². The van der Waals surface area contributed by atoms with Crippen LogP contribution in [0.3, 0.4) is 0 Å². The van der Waals surface area contributed by atoms with Gasteiger partial charge in [-0.3, -0.25) is 0 Å². The van der Waals surface area contributed by atoms with E-state index >= 15 is 0 Å². The molecule has 1 aromatic heterocycles. The van der Waals surface area contributed by atoms with E-state index in [4.69, 9.17) is 5.73 Å². The Balaban J connectivity index is 1.72. The van der Waals surface area contributed by atoms with Crippen LogP contribution in [0.2, 0.25) is 0 Å². The first-order valence-electron chi connectivity index (χ1n) is 7.16. The minimum absolute atomic E-state index is 0.191. The predicted octanol–water partition coefficient (Wildman–Crippen LogP) is 2.11. The van der Waals surface area contributed by atoms with E-state index in [9.17, 15) is 4.39 Å². The molecule has 1 saturated heterocycles. The first-order chi connectivity index (χ1) is 10.3. The minimum Gasteiger partial charge on any atom is -0.368 e. The third-order valence-corrected chi connectivity index (χ3v) is 4.60. The van der Waals surface area contributed by atoms with Crippen LogP contribution in [0.25, 0.3) is 0 Å². The van der Waals surface area contributed by atoms with Crippen LogP contribution in [0.1, 0.15) is 5.56 Å². The molecular weight excluding hydrogens is 287 g/mol. The first kappa shape index (κ1) is 14.3. The lowest BCUT2D eigenvalue weighted by Gasteiger charge is -2.37. The molecule has 6 heteroatoms. The molecule has 1 aliphatic rings. The van der Waals surface area contributed by atoms with Gasteiger partial charge < -0.3 is 15.5 Å². The van der Waals surface area contributed by atoms with Crippen molar-refractivity contribution in [2.24, 2.45) is 5.73 Å². The maximum Gasteiger partial charge on any atom is 0.185 e. The molecule has 2 heterocycles. The molecule has 0 saturated carbocycles. The van der Waals surface area contributed by atoms with Crippen LogP contribution in [0.5, 0.6) is 0 Å². The third-order valence-electron chi connectivity index (χ3n) is 3.77. The number of anilines is 2. The van der Waals surface area contributed by atoms with Crippen molar-refractivity contribution in [2.75, 3.05) is 42.5 Å². The Labute approximate surface area is 128 Å². The quantitative estimate of drug-likeness (QED) is 0.940. The summed E-state index contributed by atoms with van der Waals surface area (Å²) in [6, 6.07) is 5.01. The van der Waals surface area contributed by atoms with E-state index in [-0.39, 0.29) is 5.82 Å². The Morgan fingerprint density at radius 3 is 2.62 bits per heavy atom. The summed E-state index contributed by atoms with van der Waals surface area (Å²) >= 11 is 1.67. The molecule has 2 aromatic rings. The van der Waals surface area contributed by atoms with E-state index in [1.54, 1.807) is 17.4 Å². The normalized spacial score (nSPS) is 15.5. The van der Waals surface area contributed by atoms with Gasteiger partial charge in [0, 0.05) is 43.4 Å². The molecule has 0 aliphatic carbocycles. The van der Waals surface area contributed by atoms with Crippen LogP contribution in [-0.4, -0.2) is 37.7 Å². The van der Waals surface area contributed by atoms with Gasteiger partial charge in [-0.1, -0.05) is 0 Å². The van der Waals surface area contributed by atoms with Crippen LogP contribution in [0.4, 0.5) is 15.2 Å². The lowest BCUT2D eigenvalue weighted by molar-refractivity contribution is 0.621. The van der Waals surface area contributed by atoms with Crippen LogP contribution in [-0.2, 0) is 6.42 Å². The summed E-state index contributed by atoms with van der Waals surface area (Å²) in [6.07, 6.45) is 2.55. The van der Waals surface area contributed by atoms with Crippen LogP contribution >= 0.6 is 11.3 Å². The Morgan fingerprint density at radius 2 is 1.95 bits per heavy atom. The Bertz CT molecular complexity index is 579. The number of benzene rings is 1. The predicted molar refractivity (Wildman–Crippen MR) is 85.7 cm³/mol. The molecule has 0 unspecified atom stereocenters. The molecule has 1 fully saturated rings. The zero-order valence-electron chi connectivity index (χ0n) is 11.8. The average molecular weight is 306 g/mol. The molecule has 2 N–H and O–H groups in total. The van der Waals surface area contributed by atoms with Crippen molar-refractivity contribution in [2.45, 2.75) is 6.42 Å². The summed E-state index contributed by atoms with van der Waals surface area (Å²) in [6.45, 7) is 4.25. The summed E-state index contributed by atoms with van der Waals surface area (Å²) in [7, 11) is 0. The summed E-state index contributed by atoms with van der Waals surface area (Å²) in [5.41, 5.74) is 7.75. The molecule has 0 radical (unpaired) electrons. The van der Waals surface area contributed by atoms with Crippen molar-refractivity contribution in [1.29, 1.82) is 0 Å². The smallest absolute Gasteiger partial charge is 0.185 e. The number of nitrogens with zero attached hydrogens (tertiary/aromatic N) is 3. The van der Waals surface area contributed by atoms with Crippen molar-refractivity contribution in [3.63, 3.8) is 0 Å². The summed E-state index contributed by atoms with van der Waals surface area (Å²) in [5.74, 6) is -0.191. The molecule has 0 amide bonds. The maximum atomic E-state index is 13.4. The summed E-state index contributed by atoms with van der Waals surface area (Å²) in [4.78, 5) is 8.97. The number of rotatable bonds is 4. The van der Waals surface area contributed by atoms with E-state index in [0.717, 1.165) is 42.6 Å². The van der Waals surface area contributed by atoms with Gasteiger partial charge in [-0.25, -0.2) is 9.37 Å². The van der Waals surface area contributed by atoms with Gasteiger partial charge in [0.2, 0.25) is 0 Å². The highest BCUT2D eigenvalue weighted by atomic mass is 32.1. The van der Waals surface area contributed by atoms with Gasteiger partial charge >= 0.3 is 0 Å². The molecule has 1 aromatic carbocycles. The molecular formula is C15H19FN4S. The molecule has 112 valence electrons. The fourth-order valence-electron chi connectivity index (χ4n) is 2.73. The lowest BCUT2D eigenvalue weighted by Crippen LogP contribution is -2.46. The van der Waals surface area contributed by atoms with Gasteiger partial charge in [0.05, 0.1) is 0 Å².